The highest BCUT2D eigenvalue weighted by atomic mass is 35.5. The summed E-state index contributed by atoms with van der Waals surface area (Å²) in [5, 5.41) is 14.1. The van der Waals surface area contributed by atoms with E-state index in [-0.39, 0.29) is 12.2 Å². The molecule has 1 saturated heterocycles. The van der Waals surface area contributed by atoms with Gasteiger partial charge in [0, 0.05) is 62.1 Å². The minimum Gasteiger partial charge on any atom is -0.353 e. The summed E-state index contributed by atoms with van der Waals surface area (Å²) in [7, 11) is 3.98. The van der Waals surface area contributed by atoms with E-state index in [0.29, 0.717) is 22.1 Å². The van der Waals surface area contributed by atoms with Gasteiger partial charge in [-0.3, -0.25) is 9.48 Å². The summed E-state index contributed by atoms with van der Waals surface area (Å²) in [4.78, 5) is 22.0. The molecular weight excluding hydrogens is 438 g/mol. The van der Waals surface area contributed by atoms with Crippen LogP contribution in [0.3, 0.4) is 0 Å². The molecule has 1 aliphatic heterocycles. The van der Waals surface area contributed by atoms with Crippen molar-refractivity contribution in [3.05, 3.63) is 65.2 Å². The molecule has 0 N–H and O–H groups in total. The zero-order valence-electron chi connectivity index (χ0n) is 18.6. The van der Waals surface area contributed by atoms with Crippen molar-refractivity contribution in [2.75, 3.05) is 38.1 Å². The molecule has 0 spiro atoms. The van der Waals surface area contributed by atoms with Crippen LogP contribution in [0.4, 0.5) is 5.82 Å². The first-order valence-corrected chi connectivity index (χ1v) is 11.2. The van der Waals surface area contributed by atoms with Crippen molar-refractivity contribution in [1.82, 2.24) is 29.9 Å². The first kappa shape index (κ1) is 21.5. The van der Waals surface area contributed by atoms with Crippen molar-refractivity contribution < 1.29 is 4.79 Å². The summed E-state index contributed by atoms with van der Waals surface area (Å²) in [6, 6.07) is 9.56. The SMILES string of the molecule is CN1CCN(c2nccc(C(=O)Cc3cc4cc(-c5cnn(C)c5)ccc4nn3)c2Cl)CC1. The number of piperazine rings is 1. The summed E-state index contributed by atoms with van der Waals surface area (Å²) >= 11 is 6.64. The van der Waals surface area contributed by atoms with Crippen LogP contribution in [-0.4, -0.2) is 68.9 Å². The fourth-order valence-electron chi connectivity index (χ4n) is 4.07. The van der Waals surface area contributed by atoms with Crippen molar-refractivity contribution in [2.24, 2.45) is 7.05 Å². The van der Waals surface area contributed by atoms with Crippen LogP contribution in [0.2, 0.25) is 5.02 Å². The molecule has 3 aromatic heterocycles. The van der Waals surface area contributed by atoms with Crippen LogP contribution in [0, 0.1) is 0 Å². The number of carbonyl (C=O) groups excluding carboxylic acids is 1. The van der Waals surface area contributed by atoms with Crippen LogP contribution in [0.1, 0.15) is 16.1 Å². The molecule has 0 atom stereocenters. The molecule has 0 amide bonds. The number of pyridine rings is 1. The number of fused-ring (bicyclic) bond motifs is 1. The number of anilines is 1. The number of benzene rings is 1. The molecule has 1 fully saturated rings. The van der Waals surface area contributed by atoms with Gasteiger partial charge in [-0.05, 0) is 36.9 Å². The van der Waals surface area contributed by atoms with E-state index in [9.17, 15) is 4.79 Å². The lowest BCUT2D eigenvalue weighted by atomic mass is 10.0. The Balaban J connectivity index is 1.39. The van der Waals surface area contributed by atoms with Crippen LogP contribution in [0.25, 0.3) is 22.0 Å². The normalized spacial score (nSPS) is 14.7. The maximum Gasteiger partial charge on any atom is 0.170 e. The maximum atomic E-state index is 13.1. The van der Waals surface area contributed by atoms with Gasteiger partial charge in [0.15, 0.2) is 5.78 Å². The highest BCUT2D eigenvalue weighted by molar-refractivity contribution is 6.36. The zero-order chi connectivity index (χ0) is 22.9. The Morgan fingerprint density at radius 1 is 1.03 bits per heavy atom. The van der Waals surface area contributed by atoms with E-state index in [0.717, 1.165) is 48.2 Å². The lowest BCUT2D eigenvalue weighted by molar-refractivity contribution is 0.0992. The second-order valence-electron chi connectivity index (χ2n) is 8.40. The molecule has 8 nitrogen and oxygen atoms in total. The monoisotopic (exact) mass is 461 g/mol. The summed E-state index contributed by atoms with van der Waals surface area (Å²) < 4.78 is 1.77. The maximum absolute atomic E-state index is 13.1. The number of Topliss-reactive ketones (excluding diaryl/α,β-unsaturated/α-hetero) is 1. The molecule has 0 unspecified atom stereocenters. The predicted molar refractivity (Wildman–Crippen MR) is 129 cm³/mol. The fraction of sp³-hybridized carbons (Fsp3) is 0.292. The van der Waals surface area contributed by atoms with Gasteiger partial charge in [-0.15, -0.1) is 0 Å². The Labute approximate surface area is 196 Å². The predicted octanol–water partition coefficient (Wildman–Crippen LogP) is 3.26. The Hall–Kier alpha value is -3.36. The zero-order valence-corrected chi connectivity index (χ0v) is 19.3. The van der Waals surface area contributed by atoms with Crippen molar-refractivity contribution in [2.45, 2.75) is 6.42 Å². The number of halogens is 1. The molecule has 0 bridgehead atoms. The van der Waals surface area contributed by atoms with Gasteiger partial charge >= 0.3 is 0 Å². The van der Waals surface area contributed by atoms with E-state index in [4.69, 9.17) is 11.6 Å². The summed E-state index contributed by atoms with van der Waals surface area (Å²) in [6.45, 7) is 3.53. The number of aromatic nitrogens is 5. The molecule has 0 radical (unpaired) electrons. The number of rotatable bonds is 5. The Kier molecular flexibility index (Phi) is 5.78. The quantitative estimate of drug-likeness (QED) is 0.422. The van der Waals surface area contributed by atoms with Gasteiger partial charge < -0.3 is 9.80 Å². The minimum absolute atomic E-state index is 0.102. The number of aryl methyl sites for hydroxylation is 1. The first-order valence-electron chi connectivity index (χ1n) is 10.8. The Morgan fingerprint density at radius 2 is 1.85 bits per heavy atom. The number of carbonyl (C=O) groups is 1. The summed E-state index contributed by atoms with van der Waals surface area (Å²) in [5.74, 6) is 0.566. The van der Waals surface area contributed by atoms with E-state index in [1.807, 2.05) is 43.7 Å². The summed E-state index contributed by atoms with van der Waals surface area (Å²) in [6.07, 6.45) is 5.55. The van der Waals surface area contributed by atoms with Crippen LogP contribution >= 0.6 is 11.6 Å². The minimum atomic E-state index is -0.102. The molecule has 1 aromatic carbocycles. The van der Waals surface area contributed by atoms with Crippen LogP contribution in [-0.2, 0) is 13.5 Å². The van der Waals surface area contributed by atoms with Crippen molar-refractivity contribution >= 4 is 34.1 Å². The van der Waals surface area contributed by atoms with E-state index >= 15 is 0 Å². The van der Waals surface area contributed by atoms with Gasteiger partial charge in [-0.1, -0.05) is 17.7 Å². The van der Waals surface area contributed by atoms with Gasteiger partial charge in [0.1, 0.15) is 5.82 Å². The molecule has 0 aliphatic carbocycles. The number of likely N-dealkylation sites (N-methyl/N-ethyl adjacent to an activating group) is 1. The average Bonchev–Trinajstić information content (AvgIpc) is 3.25. The third-order valence-electron chi connectivity index (χ3n) is 5.99. The molecule has 0 saturated carbocycles. The first-order chi connectivity index (χ1) is 16.0. The third-order valence-corrected chi connectivity index (χ3v) is 6.36. The van der Waals surface area contributed by atoms with Crippen LogP contribution < -0.4 is 4.90 Å². The average molecular weight is 462 g/mol. The lowest BCUT2D eigenvalue weighted by Crippen LogP contribution is -2.45. The number of nitrogens with zero attached hydrogens (tertiary/aromatic N) is 7. The van der Waals surface area contributed by atoms with Gasteiger partial charge in [-0.25, -0.2) is 4.98 Å². The summed E-state index contributed by atoms with van der Waals surface area (Å²) in [5.41, 5.74) is 3.90. The number of ketones is 1. The van der Waals surface area contributed by atoms with E-state index in [2.05, 4.69) is 37.1 Å². The van der Waals surface area contributed by atoms with Crippen molar-refractivity contribution in [3.8, 4) is 11.1 Å². The molecule has 9 heteroatoms. The van der Waals surface area contributed by atoms with E-state index in [1.54, 1.807) is 16.9 Å². The molecule has 33 heavy (non-hydrogen) atoms. The standard InChI is InChI=1S/C24H24ClN7O/c1-30-7-9-32(10-8-30)24-23(25)20(5-6-26-24)22(33)13-19-12-17-11-16(3-4-21(17)29-28-19)18-14-27-31(2)15-18/h3-6,11-12,14-15H,7-10,13H2,1-2H3. The van der Waals surface area contributed by atoms with E-state index < -0.39 is 0 Å². The third kappa shape index (κ3) is 4.44. The van der Waals surface area contributed by atoms with Gasteiger partial charge in [0.25, 0.3) is 0 Å². The van der Waals surface area contributed by atoms with Gasteiger partial charge in [0.2, 0.25) is 0 Å². The molecule has 4 heterocycles. The van der Waals surface area contributed by atoms with Crippen LogP contribution in [0.5, 0.6) is 0 Å². The number of hydrogen-bond acceptors (Lipinski definition) is 7. The largest absolute Gasteiger partial charge is 0.353 e. The fourth-order valence-corrected chi connectivity index (χ4v) is 4.41. The molecule has 5 rings (SSSR count). The topological polar surface area (TPSA) is 80.0 Å². The Morgan fingerprint density at radius 3 is 2.61 bits per heavy atom. The second-order valence-corrected chi connectivity index (χ2v) is 8.78. The van der Waals surface area contributed by atoms with Crippen molar-refractivity contribution in [3.63, 3.8) is 0 Å². The van der Waals surface area contributed by atoms with Crippen molar-refractivity contribution in [1.29, 1.82) is 0 Å². The number of hydrogen-bond donors (Lipinski definition) is 0. The molecular formula is C24H24ClN7O. The highest BCUT2D eigenvalue weighted by Gasteiger charge is 2.22. The smallest absolute Gasteiger partial charge is 0.170 e. The molecule has 1 aliphatic rings. The van der Waals surface area contributed by atoms with Gasteiger partial charge in [0.05, 0.1) is 28.9 Å². The lowest BCUT2D eigenvalue weighted by Gasteiger charge is -2.33. The Bertz CT molecular complexity index is 1330. The molecule has 168 valence electrons. The molecule has 4 aromatic rings. The highest BCUT2D eigenvalue weighted by Crippen LogP contribution is 2.29. The van der Waals surface area contributed by atoms with Gasteiger partial charge in [-0.2, -0.15) is 15.3 Å². The second kappa shape index (κ2) is 8.88. The van der Waals surface area contributed by atoms with Crippen LogP contribution in [0.15, 0.2) is 48.9 Å². The van der Waals surface area contributed by atoms with E-state index in [1.165, 1.54) is 0 Å².